The van der Waals surface area contributed by atoms with Gasteiger partial charge in [-0.3, -0.25) is 28.6 Å². The third kappa shape index (κ3) is 4.50. The summed E-state index contributed by atoms with van der Waals surface area (Å²) in [5.41, 5.74) is 1.39. The first-order valence-electron chi connectivity index (χ1n) is 9.62. The van der Waals surface area contributed by atoms with E-state index in [-0.39, 0.29) is 16.2 Å². The van der Waals surface area contributed by atoms with Crippen molar-refractivity contribution in [1.29, 1.82) is 0 Å². The molecule has 0 spiro atoms. The van der Waals surface area contributed by atoms with Crippen LogP contribution in [0.4, 0.5) is 17.1 Å². The summed E-state index contributed by atoms with van der Waals surface area (Å²) in [5, 5.41) is 13.8. The van der Waals surface area contributed by atoms with Crippen LogP contribution in [-0.2, 0) is 21.4 Å². The van der Waals surface area contributed by atoms with E-state index in [4.69, 9.17) is 0 Å². The monoisotopic (exact) mass is 478 g/mol. The maximum absolute atomic E-state index is 13.0. The summed E-state index contributed by atoms with van der Waals surface area (Å²) in [6, 6.07) is 7.65. The van der Waals surface area contributed by atoms with Gasteiger partial charge in [0.15, 0.2) is 0 Å². The summed E-state index contributed by atoms with van der Waals surface area (Å²) >= 11 is 1.05. The highest BCUT2D eigenvalue weighted by Crippen LogP contribution is 2.30. The lowest BCUT2D eigenvalue weighted by Gasteiger charge is -2.29. The van der Waals surface area contributed by atoms with E-state index in [0.29, 0.717) is 22.5 Å². The zero-order valence-corrected chi connectivity index (χ0v) is 19.5. The van der Waals surface area contributed by atoms with E-state index >= 15 is 0 Å². The molecule has 1 atom stereocenters. The van der Waals surface area contributed by atoms with Crippen LogP contribution in [0.5, 0.6) is 0 Å². The van der Waals surface area contributed by atoms with Crippen LogP contribution in [0.25, 0.3) is 10.2 Å². The lowest BCUT2D eigenvalue weighted by atomic mass is 10.1. The van der Waals surface area contributed by atoms with Crippen molar-refractivity contribution in [2.45, 2.75) is 33.4 Å². The van der Waals surface area contributed by atoms with Gasteiger partial charge in [0.25, 0.3) is 5.69 Å². The first-order chi connectivity index (χ1) is 14.9. The molecule has 3 aromatic rings. The van der Waals surface area contributed by atoms with Crippen LogP contribution in [0.15, 0.2) is 41.2 Å². The zero-order chi connectivity index (χ0) is 23.8. The number of aryl methyl sites for hydroxylation is 2. The Morgan fingerprint density at radius 3 is 2.56 bits per heavy atom. The van der Waals surface area contributed by atoms with Crippen LogP contribution in [0.2, 0.25) is 0 Å². The smallest absolute Gasteiger partial charge is 0.308 e. The fourth-order valence-corrected chi connectivity index (χ4v) is 5.64. The van der Waals surface area contributed by atoms with Gasteiger partial charge < -0.3 is 5.32 Å². The van der Waals surface area contributed by atoms with Crippen molar-refractivity contribution in [3.8, 4) is 0 Å². The molecule has 0 fully saturated rings. The lowest BCUT2D eigenvalue weighted by Crippen LogP contribution is -2.45. The fraction of sp³-hybridized carbons (Fsp3) is 0.300. The van der Waals surface area contributed by atoms with Gasteiger partial charge in [-0.2, -0.15) is 0 Å². The van der Waals surface area contributed by atoms with E-state index in [1.165, 1.54) is 19.1 Å². The van der Waals surface area contributed by atoms with Gasteiger partial charge in [-0.05, 0) is 44.5 Å². The lowest BCUT2D eigenvalue weighted by molar-refractivity contribution is -0.384. The second-order valence-electron chi connectivity index (χ2n) is 7.25. The van der Waals surface area contributed by atoms with Gasteiger partial charge in [0.05, 0.1) is 27.1 Å². The number of carbonyl (C=O) groups is 1. The topological polar surface area (TPSA) is 132 Å². The highest BCUT2D eigenvalue weighted by Gasteiger charge is 2.31. The number of anilines is 2. The quantitative estimate of drug-likeness (QED) is 0.410. The highest BCUT2D eigenvalue weighted by molar-refractivity contribution is 7.92. The summed E-state index contributed by atoms with van der Waals surface area (Å²) < 4.78 is 28.3. The number of amides is 1. The predicted molar refractivity (Wildman–Crippen MR) is 125 cm³/mol. The van der Waals surface area contributed by atoms with Crippen LogP contribution in [0.3, 0.4) is 0 Å². The number of carbonyl (C=O) groups excluding carboxylic acids is 1. The SMILES string of the molecule is CCn1c(=O)sc2cc(NC(=O)[C@H](C)N(c3cc([N+](=O)[O-])ccc3C)S(C)(=O)=O)ccc21. The summed E-state index contributed by atoms with van der Waals surface area (Å²) in [4.78, 5) is 35.4. The number of nitrogens with one attached hydrogen (secondary N) is 1. The number of aromatic nitrogens is 1. The minimum atomic E-state index is -3.95. The van der Waals surface area contributed by atoms with Crippen molar-refractivity contribution in [2.75, 3.05) is 15.9 Å². The van der Waals surface area contributed by atoms with Crippen LogP contribution in [0, 0.1) is 17.0 Å². The van der Waals surface area contributed by atoms with Crippen molar-refractivity contribution in [2.24, 2.45) is 0 Å². The van der Waals surface area contributed by atoms with Gasteiger partial charge in [-0.15, -0.1) is 0 Å². The molecule has 1 heterocycles. The van der Waals surface area contributed by atoms with Crippen molar-refractivity contribution in [3.63, 3.8) is 0 Å². The Labute approximate surface area is 188 Å². The normalized spacial score (nSPS) is 12.5. The second kappa shape index (κ2) is 8.71. The Hall–Kier alpha value is -3.25. The number of hydrogen-bond donors (Lipinski definition) is 1. The largest absolute Gasteiger partial charge is 0.324 e. The number of benzene rings is 2. The second-order valence-corrected chi connectivity index (χ2v) is 10.1. The number of nitrogens with zero attached hydrogens (tertiary/aromatic N) is 3. The maximum atomic E-state index is 13.0. The standard InChI is InChI=1S/C20H22N4O6S2/c1-5-22-16-9-7-14(10-18(16)31-20(22)26)21-19(25)13(3)23(32(4,29)30)17-11-15(24(27)28)8-6-12(17)2/h6-11,13H,5H2,1-4H3,(H,21,25)/t13-/m0/s1. The maximum Gasteiger partial charge on any atom is 0.308 e. The third-order valence-corrected chi connectivity index (χ3v) is 7.15. The molecule has 0 bridgehead atoms. The number of nitro groups is 1. The molecule has 12 heteroatoms. The fourth-order valence-electron chi connectivity index (χ4n) is 3.42. The van der Waals surface area contributed by atoms with Gasteiger partial charge in [0.1, 0.15) is 6.04 Å². The van der Waals surface area contributed by atoms with Gasteiger partial charge >= 0.3 is 4.87 Å². The number of thiazole rings is 1. The zero-order valence-electron chi connectivity index (χ0n) is 17.9. The van der Waals surface area contributed by atoms with E-state index in [9.17, 15) is 28.1 Å². The van der Waals surface area contributed by atoms with E-state index in [0.717, 1.165) is 33.5 Å². The molecule has 1 amide bonds. The molecule has 0 unspecified atom stereocenters. The van der Waals surface area contributed by atoms with Crippen molar-refractivity contribution in [1.82, 2.24) is 4.57 Å². The molecule has 0 aliphatic rings. The summed E-state index contributed by atoms with van der Waals surface area (Å²) in [6.07, 6.45) is 0.937. The first kappa shape index (κ1) is 23.4. The number of non-ortho nitro benzene ring substituents is 1. The van der Waals surface area contributed by atoms with Crippen molar-refractivity contribution in [3.05, 3.63) is 61.7 Å². The van der Waals surface area contributed by atoms with Gasteiger partial charge in [0.2, 0.25) is 15.9 Å². The summed E-state index contributed by atoms with van der Waals surface area (Å²) in [5.74, 6) is -0.622. The van der Waals surface area contributed by atoms with Gasteiger partial charge in [0, 0.05) is 24.4 Å². The Bertz CT molecular complexity index is 1380. The molecular weight excluding hydrogens is 456 g/mol. The van der Waals surface area contributed by atoms with E-state index in [2.05, 4.69) is 5.32 Å². The van der Waals surface area contributed by atoms with Crippen molar-refractivity contribution < 1.29 is 18.1 Å². The van der Waals surface area contributed by atoms with E-state index in [1.807, 2.05) is 6.92 Å². The van der Waals surface area contributed by atoms with Crippen LogP contribution >= 0.6 is 11.3 Å². The summed E-state index contributed by atoms with van der Waals surface area (Å²) in [6.45, 7) is 5.39. The average Bonchev–Trinajstić information content (AvgIpc) is 3.02. The summed E-state index contributed by atoms with van der Waals surface area (Å²) in [7, 11) is -3.95. The highest BCUT2D eigenvalue weighted by atomic mass is 32.2. The molecular formula is C20H22N4O6S2. The van der Waals surface area contributed by atoms with Crippen LogP contribution in [-0.4, -0.2) is 36.1 Å². The van der Waals surface area contributed by atoms with E-state index < -0.39 is 26.9 Å². The van der Waals surface area contributed by atoms with Crippen LogP contribution in [0.1, 0.15) is 19.4 Å². The van der Waals surface area contributed by atoms with Gasteiger partial charge in [-0.25, -0.2) is 8.42 Å². The van der Waals surface area contributed by atoms with Crippen LogP contribution < -0.4 is 14.5 Å². The minimum Gasteiger partial charge on any atom is -0.324 e. The van der Waals surface area contributed by atoms with Gasteiger partial charge in [-0.1, -0.05) is 17.4 Å². The molecule has 1 aromatic heterocycles. The number of nitro benzene ring substituents is 1. The Balaban J connectivity index is 1.96. The number of hydrogen-bond acceptors (Lipinski definition) is 7. The Kier molecular flexibility index (Phi) is 6.37. The number of sulfonamides is 1. The molecule has 0 aliphatic heterocycles. The molecule has 10 nitrogen and oxygen atoms in total. The predicted octanol–water partition coefficient (Wildman–Crippen LogP) is 3.09. The minimum absolute atomic E-state index is 0.0537. The third-order valence-electron chi connectivity index (χ3n) is 4.98. The average molecular weight is 479 g/mol. The van der Waals surface area contributed by atoms with Crippen molar-refractivity contribution >= 4 is 54.5 Å². The molecule has 32 heavy (non-hydrogen) atoms. The molecule has 0 saturated carbocycles. The Morgan fingerprint density at radius 2 is 1.97 bits per heavy atom. The number of rotatable bonds is 7. The molecule has 0 aliphatic carbocycles. The Morgan fingerprint density at radius 1 is 1.28 bits per heavy atom. The molecule has 0 saturated heterocycles. The molecule has 3 rings (SSSR count). The molecule has 0 radical (unpaired) electrons. The molecule has 1 N–H and O–H groups in total. The number of fused-ring (bicyclic) bond motifs is 1. The molecule has 2 aromatic carbocycles. The first-order valence-corrected chi connectivity index (χ1v) is 12.3. The van der Waals surface area contributed by atoms with E-state index in [1.54, 1.807) is 29.7 Å². The molecule has 170 valence electrons.